The van der Waals surface area contributed by atoms with Crippen LogP contribution in [-0.2, 0) is 0 Å². The number of carbonyl (C=O) groups is 1. The summed E-state index contributed by atoms with van der Waals surface area (Å²) in [4.78, 5) is 15.4. The van der Waals surface area contributed by atoms with E-state index in [1.807, 2.05) is 0 Å². The van der Waals surface area contributed by atoms with E-state index in [0.717, 1.165) is 10.2 Å². The number of fused-ring (bicyclic) bond motifs is 1. The van der Waals surface area contributed by atoms with E-state index in [2.05, 4.69) is 4.98 Å². The minimum absolute atomic E-state index is 0.234. The number of aromatic carboxylic acids is 1. The first-order valence-corrected chi connectivity index (χ1v) is 7.22. The average Bonchev–Trinajstić information content (AvgIpc) is 2.80. The molecule has 20 heavy (non-hydrogen) atoms. The molecule has 0 spiro atoms. The second-order valence-corrected chi connectivity index (χ2v) is 5.95. The molecule has 0 saturated carbocycles. The van der Waals surface area contributed by atoms with Gasteiger partial charge in [0.1, 0.15) is 5.01 Å². The van der Waals surface area contributed by atoms with Crippen LogP contribution in [0.5, 0.6) is 0 Å². The molecule has 0 radical (unpaired) electrons. The van der Waals surface area contributed by atoms with E-state index in [4.69, 9.17) is 28.3 Å². The van der Waals surface area contributed by atoms with Crippen LogP contribution in [0.1, 0.15) is 10.4 Å². The number of aromatic nitrogens is 1. The quantitative estimate of drug-likeness (QED) is 0.724. The monoisotopic (exact) mass is 323 g/mol. The molecule has 0 unspecified atom stereocenters. The van der Waals surface area contributed by atoms with Crippen molar-refractivity contribution in [3.8, 4) is 10.6 Å². The highest BCUT2D eigenvalue weighted by atomic mass is 35.5. The van der Waals surface area contributed by atoms with E-state index in [1.54, 1.807) is 30.3 Å². The maximum absolute atomic E-state index is 11.0. The van der Waals surface area contributed by atoms with Crippen LogP contribution >= 0.6 is 34.5 Å². The third-order valence-corrected chi connectivity index (χ3v) is 4.48. The zero-order valence-electron chi connectivity index (χ0n) is 9.93. The van der Waals surface area contributed by atoms with Gasteiger partial charge >= 0.3 is 5.97 Å². The molecule has 0 aliphatic rings. The first-order chi connectivity index (χ1) is 9.56. The summed E-state index contributed by atoms with van der Waals surface area (Å²) in [6, 6.07) is 10.1. The van der Waals surface area contributed by atoms with Crippen LogP contribution in [0, 0.1) is 0 Å². The summed E-state index contributed by atoms with van der Waals surface area (Å²) in [5.74, 6) is -0.961. The summed E-state index contributed by atoms with van der Waals surface area (Å²) in [6.45, 7) is 0. The van der Waals surface area contributed by atoms with Gasteiger partial charge in [0.15, 0.2) is 0 Å². The Kier molecular flexibility index (Phi) is 3.38. The lowest BCUT2D eigenvalue weighted by Gasteiger charge is -2.01. The topological polar surface area (TPSA) is 50.2 Å². The number of benzene rings is 2. The van der Waals surface area contributed by atoms with E-state index in [1.165, 1.54) is 17.4 Å². The minimum Gasteiger partial charge on any atom is -0.478 e. The van der Waals surface area contributed by atoms with Crippen molar-refractivity contribution in [1.82, 2.24) is 4.98 Å². The van der Waals surface area contributed by atoms with E-state index < -0.39 is 5.97 Å². The van der Waals surface area contributed by atoms with Crippen LogP contribution in [-0.4, -0.2) is 16.1 Å². The van der Waals surface area contributed by atoms with Crippen LogP contribution in [0.25, 0.3) is 20.8 Å². The highest BCUT2D eigenvalue weighted by molar-refractivity contribution is 7.21. The number of carboxylic acids is 1. The Bertz CT molecular complexity index is 809. The van der Waals surface area contributed by atoms with Gasteiger partial charge in [-0.3, -0.25) is 0 Å². The minimum atomic E-state index is -0.961. The van der Waals surface area contributed by atoms with E-state index in [9.17, 15) is 4.79 Å². The number of hydrogen-bond acceptors (Lipinski definition) is 3. The average molecular weight is 324 g/mol. The Balaban J connectivity index is 2.21. The smallest absolute Gasteiger partial charge is 0.335 e. The zero-order valence-corrected chi connectivity index (χ0v) is 12.3. The van der Waals surface area contributed by atoms with Crippen molar-refractivity contribution in [1.29, 1.82) is 0 Å². The van der Waals surface area contributed by atoms with Gasteiger partial charge in [0, 0.05) is 5.56 Å². The van der Waals surface area contributed by atoms with Gasteiger partial charge in [-0.25, -0.2) is 9.78 Å². The summed E-state index contributed by atoms with van der Waals surface area (Å²) in [7, 11) is 0. The van der Waals surface area contributed by atoms with Crippen LogP contribution in [0.2, 0.25) is 10.0 Å². The Labute approximate surface area is 128 Å². The molecule has 6 heteroatoms. The third kappa shape index (κ3) is 2.26. The fourth-order valence-electron chi connectivity index (χ4n) is 1.87. The Hall–Kier alpha value is -1.62. The van der Waals surface area contributed by atoms with Crippen molar-refractivity contribution in [2.45, 2.75) is 0 Å². The Morgan fingerprint density at radius 2 is 1.85 bits per heavy atom. The van der Waals surface area contributed by atoms with E-state index in [0.29, 0.717) is 20.6 Å². The van der Waals surface area contributed by atoms with Crippen molar-refractivity contribution >= 4 is 50.7 Å². The van der Waals surface area contributed by atoms with Crippen molar-refractivity contribution in [3.63, 3.8) is 0 Å². The molecule has 0 fully saturated rings. The summed E-state index contributed by atoms with van der Waals surface area (Å²) in [5, 5.41) is 10.7. The van der Waals surface area contributed by atoms with Gasteiger partial charge in [-0.2, -0.15) is 0 Å². The first kappa shape index (κ1) is 13.4. The maximum atomic E-state index is 11.0. The molecule has 0 atom stereocenters. The van der Waals surface area contributed by atoms with E-state index in [-0.39, 0.29) is 5.56 Å². The lowest BCUT2D eigenvalue weighted by molar-refractivity contribution is 0.0697. The summed E-state index contributed by atoms with van der Waals surface area (Å²) in [6.07, 6.45) is 0. The zero-order chi connectivity index (χ0) is 14.3. The lowest BCUT2D eigenvalue weighted by Crippen LogP contribution is -1.94. The predicted molar refractivity (Wildman–Crippen MR) is 82.0 cm³/mol. The predicted octanol–water partition coefficient (Wildman–Crippen LogP) is 4.97. The molecule has 3 aromatic rings. The number of rotatable bonds is 2. The van der Waals surface area contributed by atoms with Gasteiger partial charge in [-0.15, -0.1) is 11.3 Å². The van der Waals surface area contributed by atoms with Crippen LogP contribution in [0.4, 0.5) is 0 Å². The van der Waals surface area contributed by atoms with Gasteiger partial charge < -0.3 is 5.11 Å². The largest absolute Gasteiger partial charge is 0.478 e. The van der Waals surface area contributed by atoms with Gasteiger partial charge in [-0.05, 0) is 30.3 Å². The summed E-state index contributed by atoms with van der Waals surface area (Å²) in [5.41, 5.74) is 1.64. The molecular formula is C14H7Cl2NO2S. The first-order valence-electron chi connectivity index (χ1n) is 5.64. The normalized spacial score (nSPS) is 10.9. The SMILES string of the molecule is O=C(O)c1ccc2nc(-c3c(Cl)cccc3Cl)sc2c1. The molecule has 100 valence electrons. The summed E-state index contributed by atoms with van der Waals surface area (Å²) < 4.78 is 0.788. The molecule has 3 nitrogen and oxygen atoms in total. The second-order valence-electron chi connectivity index (χ2n) is 4.10. The highest BCUT2D eigenvalue weighted by Gasteiger charge is 2.14. The van der Waals surface area contributed by atoms with Crippen molar-refractivity contribution in [2.75, 3.05) is 0 Å². The Morgan fingerprint density at radius 3 is 2.50 bits per heavy atom. The van der Waals surface area contributed by atoms with E-state index >= 15 is 0 Å². The molecule has 1 heterocycles. The molecule has 0 aliphatic carbocycles. The fraction of sp³-hybridized carbons (Fsp3) is 0. The number of halogens is 2. The molecule has 0 aliphatic heterocycles. The number of thiazole rings is 1. The molecular weight excluding hydrogens is 317 g/mol. The van der Waals surface area contributed by atoms with Crippen LogP contribution in [0.3, 0.4) is 0 Å². The van der Waals surface area contributed by atoms with Gasteiger partial charge in [0.25, 0.3) is 0 Å². The Morgan fingerprint density at radius 1 is 1.15 bits per heavy atom. The highest BCUT2D eigenvalue weighted by Crippen LogP contribution is 2.38. The molecule has 1 N–H and O–H groups in total. The second kappa shape index (κ2) is 5.05. The van der Waals surface area contributed by atoms with Crippen molar-refractivity contribution in [3.05, 3.63) is 52.0 Å². The molecule has 1 aromatic heterocycles. The number of carboxylic acid groups (broad SMARTS) is 1. The third-order valence-electron chi connectivity index (χ3n) is 2.81. The van der Waals surface area contributed by atoms with Gasteiger partial charge in [0.05, 0.1) is 25.8 Å². The summed E-state index contributed by atoms with van der Waals surface area (Å²) >= 11 is 13.7. The number of nitrogens with zero attached hydrogens (tertiary/aromatic N) is 1. The fourth-order valence-corrected chi connectivity index (χ4v) is 3.63. The number of hydrogen-bond donors (Lipinski definition) is 1. The molecule has 2 aromatic carbocycles. The maximum Gasteiger partial charge on any atom is 0.335 e. The van der Waals surface area contributed by atoms with Crippen molar-refractivity contribution in [2.24, 2.45) is 0 Å². The van der Waals surface area contributed by atoms with Gasteiger partial charge in [-0.1, -0.05) is 29.3 Å². The van der Waals surface area contributed by atoms with Crippen LogP contribution < -0.4 is 0 Å². The molecule has 0 bridgehead atoms. The molecule has 0 amide bonds. The molecule has 3 rings (SSSR count). The van der Waals surface area contributed by atoms with Crippen molar-refractivity contribution < 1.29 is 9.90 Å². The van der Waals surface area contributed by atoms with Crippen LogP contribution in [0.15, 0.2) is 36.4 Å². The molecule has 0 saturated heterocycles. The van der Waals surface area contributed by atoms with Gasteiger partial charge in [0.2, 0.25) is 0 Å². The lowest BCUT2D eigenvalue weighted by atomic mass is 10.2. The standard InChI is InChI=1S/C14H7Cl2NO2S/c15-8-2-1-3-9(16)12(8)13-17-10-5-4-7(14(18)19)6-11(10)20-13/h1-6H,(H,18,19).